The molecule has 0 aliphatic heterocycles. The Morgan fingerprint density at radius 1 is 0.234 bits per heavy atom. The van der Waals surface area contributed by atoms with Crippen LogP contribution in [0.2, 0.25) is 0 Å². The average molecular weight is 1430 g/mol. The molecule has 0 spiro atoms. The van der Waals surface area contributed by atoms with E-state index in [0.717, 1.165) is 124 Å². The van der Waals surface area contributed by atoms with Crippen LogP contribution in [-0.4, -0.2) is 0 Å². The summed E-state index contributed by atoms with van der Waals surface area (Å²) in [5.74, 6) is 1.01. The molecule has 21 rings (SSSR count). The van der Waals surface area contributed by atoms with Crippen molar-refractivity contribution in [1.29, 1.82) is 0 Å². The van der Waals surface area contributed by atoms with E-state index >= 15 is 0 Å². The lowest BCUT2D eigenvalue weighted by molar-refractivity contribution is 0.662. The van der Waals surface area contributed by atoms with E-state index in [2.05, 4.69) is 401 Å². The molecule has 0 N–H and O–H groups in total. The number of rotatable bonds is 16. The van der Waals surface area contributed by atoms with E-state index in [-0.39, 0.29) is 0 Å². The molecular formula is C106H78N2O3. The van der Waals surface area contributed by atoms with Crippen LogP contribution in [0.1, 0.15) is 108 Å². The largest absolute Gasteiger partial charge is 0.456 e. The van der Waals surface area contributed by atoms with E-state index in [1.54, 1.807) is 0 Å². The van der Waals surface area contributed by atoms with Gasteiger partial charge in [-0.3, -0.25) is 0 Å². The summed E-state index contributed by atoms with van der Waals surface area (Å²) in [7, 11) is 0. The monoisotopic (exact) mass is 1430 g/mol. The zero-order chi connectivity index (χ0) is 74.1. The molecule has 0 saturated heterocycles. The Labute approximate surface area is 646 Å². The Morgan fingerprint density at radius 2 is 0.495 bits per heavy atom. The highest BCUT2D eigenvalue weighted by Crippen LogP contribution is 2.60. The van der Waals surface area contributed by atoms with Crippen LogP contribution in [0.5, 0.6) is 0 Å². The van der Waals surface area contributed by atoms with Gasteiger partial charge in [-0.25, -0.2) is 0 Å². The van der Waals surface area contributed by atoms with Crippen LogP contribution in [0.25, 0.3) is 110 Å². The first-order valence-corrected chi connectivity index (χ1v) is 39.1. The molecule has 2 aliphatic carbocycles. The van der Waals surface area contributed by atoms with Crippen molar-refractivity contribution in [3.63, 3.8) is 0 Å². The normalized spacial score (nSPS) is 13.7. The van der Waals surface area contributed by atoms with Gasteiger partial charge in [0.25, 0.3) is 0 Å². The van der Waals surface area contributed by atoms with Crippen LogP contribution in [0.3, 0.4) is 0 Å². The van der Waals surface area contributed by atoms with Crippen molar-refractivity contribution in [1.82, 2.24) is 0 Å². The summed E-state index contributed by atoms with van der Waals surface area (Å²) < 4.78 is 21.2. The summed E-state index contributed by atoms with van der Waals surface area (Å²) in [4.78, 5) is 4.79. The van der Waals surface area contributed by atoms with Crippen molar-refractivity contribution in [3.8, 4) is 44.5 Å². The fourth-order valence-corrected chi connectivity index (χ4v) is 18.7. The lowest BCUT2D eigenvalue weighted by Crippen LogP contribution is -2.28. The van der Waals surface area contributed by atoms with Gasteiger partial charge in [0.05, 0.1) is 10.8 Å². The Bertz CT molecular complexity index is 6300. The molecule has 16 aromatic carbocycles. The number of hydrogen-bond acceptors (Lipinski definition) is 5. The molecule has 0 amide bonds. The molecule has 2 aliphatic rings. The van der Waals surface area contributed by atoms with Gasteiger partial charge in [0.1, 0.15) is 33.5 Å². The van der Waals surface area contributed by atoms with Gasteiger partial charge in [-0.2, -0.15) is 0 Å². The topological polar surface area (TPSA) is 45.9 Å². The molecule has 2 unspecified atom stereocenters. The summed E-state index contributed by atoms with van der Waals surface area (Å²) >= 11 is 0. The van der Waals surface area contributed by atoms with Gasteiger partial charge in [0.15, 0.2) is 0 Å². The molecule has 19 aromatic rings. The second kappa shape index (κ2) is 26.1. The summed E-state index contributed by atoms with van der Waals surface area (Å²) in [6.45, 7) is 9.11. The molecule has 5 heteroatoms. The van der Waals surface area contributed by atoms with Gasteiger partial charge >= 0.3 is 0 Å². The zero-order valence-electron chi connectivity index (χ0n) is 62.3. The molecule has 0 radical (unpaired) electrons. The number of furan rings is 3. The van der Waals surface area contributed by atoms with Crippen LogP contribution in [0.15, 0.2) is 377 Å². The van der Waals surface area contributed by atoms with Gasteiger partial charge in [-0.05, 0) is 222 Å². The van der Waals surface area contributed by atoms with E-state index in [4.69, 9.17) is 13.3 Å². The maximum Gasteiger partial charge on any atom is 0.137 e. The molecule has 3 aromatic heterocycles. The van der Waals surface area contributed by atoms with E-state index in [9.17, 15) is 0 Å². The average Bonchev–Trinajstić information content (AvgIpc) is 1.53. The first-order valence-electron chi connectivity index (χ1n) is 39.1. The van der Waals surface area contributed by atoms with E-state index < -0.39 is 10.8 Å². The fraction of sp³-hybridized carbons (Fsp3) is 0.0943. The number of fused-ring (bicyclic) bond motifs is 15. The van der Waals surface area contributed by atoms with E-state index in [1.807, 2.05) is 0 Å². The van der Waals surface area contributed by atoms with Crippen molar-refractivity contribution in [2.24, 2.45) is 0 Å². The number of hydrogen-bond donors (Lipinski definition) is 0. The van der Waals surface area contributed by atoms with Crippen LogP contribution >= 0.6 is 0 Å². The number of nitrogens with zero attached hydrogens (tertiary/aromatic N) is 2. The van der Waals surface area contributed by atoms with Crippen molar-refractivity contribution in [2.75, 3.05) is 9.80 Å². The molecule has 3 heterocycles. The third-order valence-electron chi connectivity index (χ3n) is 24.6. The standard InChI is InChI=1S/C106H78N2O3/c1-5-67(3)69-35-39-71(40-36-69)73-43-47-79(48-44-73)107(81-51-55-87-85-31-19-21-33-95(85)105(97(87)59-81,75-23-11-7-12-24-75)76-25-13-8-14-26-76)83-53-57-89-91-63-103-93(65-101(91)109-99(89)61-83)94-66-102-92(64-104(94)111-103)90-58-54-84(62-100(90)110-102)108(80-49-45-74(46-50-80)72-41-37-70(38-42-72)68(4)6-2)82-52-56-88-86-32-20-22-34-96(86)106(98(88)60-82,77-27-15-9-16-28-77)78-29-17-10-18-30-78/h7-68H,5-6H2,1-4H3. The first-order chi connectivity index (χ1) is 54.7. The van der Waals surface area contributed by atoms with Gasteiger partial charge < -0.3 is 23.1 Å². The number of benzene rings is 16. The van der Waals surface area contributed by atoms with E-state index in [1.165, 1.54) is 89.0 Å². The SMILES string of the molecule is CCC(C)c1ccc(-c2ccc(N(c3ccc4c(c3)C(c3ccccc3)(c3ccccc3)c3ccccc3-4)c3ccc4c(c3)oc3cc5c(cc34)oc3cc4c(cc35)oc3cc(N(c5ccc(-c6ccc(C(C)CC)cc6)cc5)c5ccc6c(c5)C(c5ccccc5)(c5ccccc5)c5ccccc5-6)ccc34)cc2)cc1. The van der Waals surface area contributed by atoms with E-state index in [0.29, 0.717) is 11.8 Å². The van der Waals surface area contributed by atoms with Gasteiger partial charge in [-0.15, -0.1) is 0 Å². The first kappa shape index (κ1) is 65.8. The highest BCUT2D eigenvalue weighted by Gasteiger charge is 2.48. The minimum Gasteiger partial charge on any atom is -0.456 e. The molecule has 5 nitrogen and oxygen atoms in total. The zero-order valence-corrected chi connectivity index (χ0v) is 62.3. The molecule has 2 atom stereocenters. The van der Waals surface area contributed by atoms with Crippen LogP contribution in [0, 0.1) is 0 Å². The summed E-state index contributed by atoms with van der Waals surface area (Å²) in [6.07, 6.45) is 2.21. The van der Waals surface area contributed by atoms with Gasteiger partial charge in [-0.1, -0.05) is 282 Å². The second-order valence-electron chi connectivity index (χ2n) is 30.5. The van der Waals surface area contributed by atoms with Crippen LogP contribution in [-0.2, 0) is 10.8 Å². The third kappa shape index (κ3) is 10.4. The molecule has 0 saturated carbocycles. The molecule has 0 fully saturated rings. The molecule has 111 heavy (non-hydrogen) atoms. The minimum absolute atomic E-state index is 0.506. The Balaban J connectivity index is 0.676. The number of anilines is 6. The lowest BCUT2D eigenvalue weighted by Gasteiger charge is -2.35. The molecule has 530 valence electrons. The Kier molecular flexibility index (Phi) is 15.5. The quantitative estimate of drug-likeness (QED) is 0.0965. The van der Waals surface area contributed by atoms with Crippen molar-refractivity contribution < 1.29 is 13.3 Å². The predicted molar refractivity (Wildman–Crippen MR) is 461 cm³/mol. The summed E-state index contributed by atoms with van der Waals surface area (Å²) in [5.41, 5.74) is 31.9. The predicted octanol–water partition coefficient (Wildman–Crippen LogP) is 29.4. The van der Waals surface area contributed by atoms with Gasteiger partial charge in [0, 0.05) is 78.6 Å². The minimum atomic E-state index is -0.581. The Hall–Kier alpha value is -13.5. The Morgan fingerprint density at radius 3 is 0.829 bits per heavy atom. The van der Waals surface area contributed by atoms with Crippen LogP contribution in [0.4, 0.5) is 34.1 Å². The maximum absolute atomic E-state index is 7.11. The highest BCUT2D eigenvalue weighted by atomic mass is 16.3. The molecule has 0 bridgehead atoms. The van der Waals surface area contributed by atoms with Crippen molar-refractivity contribution >= 4 is 99.9 Å². The summed E-state index contributed by atoms with van der Waals surface area (Å²) in [5, 5.41) is 5.90. The smallest absolute Gasteiger partial charge is 0.137 e. The highest BCUT2D eigenvalue weighted by molar-refractivity contribution is 6.19. The lowest BCUT2D eigenvalue weighted by atomic mass is 9.67. The van der Waals surface area contributed by atoms with Crippen LogP contribution < -0.4 is 9.80 Å². The second-order valence-corrected chi connectivity index (χ2v) is 30.5. The van der Waals surface area contributed by atoms with Crippen molar-refractivity contribution in [2.45, 2.75) is 63.2 Å². The van der Waals surface area contributed by atoms with Crippen molar-refractivity contribution in [3.05, 3.63) is 420 Å². The molecular weight excluding hydrogens is 1350 g/mol. The van der Waals surface area contributed by atoms with Gasteiger partial charge in [0.2, 0.25) is 0 Å². The third-order valence-corrected chi connectivity index (χ3v) is 24.6. The fourth-order valence-electron chi connectivity index (χ4n) is 18.7. The summed E-state index contributed by atoms with van der Waals surface area (Å²) in [6, 6.07) is 135. The maximum atomic E-state index is 7.11.